The Kier molecular flexibility index (Phi) is 7.32. The van der Waals surface area contributed by atoms with Crippen LogP contribution in [0.2, 0.25) is 0 Å². The van der Waals surface area contributed by atoms with Gasteiger partial charge in [0.25, 0.3) is 0 Å². The Hall–Kier alpha value is -1.91. The lowest BCUT2D eigenvalue weighted by atomic mass is 10.1. The van der Waals surface area contributed by atoms with Gasteiger partial charge in [-0.2, -0.15) is 0 Å². The van der Waals surface area contributed by atoms with Crippen molar-refractivity contribution >= 4 is 5.96 Å². The summed E-state index contributed by atoms with van der Waals surface area (Å²) in [5.74, 6) is 2.55. The van der Waals surface area contributed by atoms with E-state index in [2.05, 4.69) is 22.5 Å². The minimum atomic E-state index is 0.785. The van der Waals surface area contributed by atoms with Gasteiger partial charge in [-0.15, -0.1) is 0 Å². The molecule has 0 atom stereocenters. The number of rotatable bonds is 7. The normalized spacial score (nSPS) is 11.1. The highest BCUT2D eigenvalue weighted by atomic mass is 16.5. The monoisotopic (exact) mass is 279 g/mol. The molecule has 0 fully saturated rings. The molecule has 0 unspecified atom stereocenters. The number of hydrogen-bond acceptors (Lipinski definition) is 3. The molecule has 0 aliphatic heterocycles. The Labute approximate surface area is 121 Å². The summed E-state index contributed by atoms with van der Waals surface area (Å²) >= 11 is 0. The van der Waals surface area contributed by atoms with Gasteiger partial charge < -0.3 is 20.1 Å². The van der Waals surface area contributed by atoms with Gasteiger partial charge >= 0.3 is 0 Å². The van der Waals surface area contributed by atoms with Crippen LogP contribution in [0.15, 0.2) is 23.2 Å². The standard InChI is InChI=1S/C15H25N3O2/c1-5-9-17-15(16-2)18-10-8-12-11-13(19-3)6-7-14(12)20-4/h6-7,11H,5,8-10H2,1-4H3,(H2,16,17,18). The highest BCUT2D eigenvalue weighted by Gasteiger charge is 2.05. The van der Waals surface area contributed by atoms with Crippen molar-refractivity contribution in [3.05, 3.63) is 23.8 Å². The third-order valence-electron chi connectivity index (χ3n) is 2.94. The predicted octanol–water partition coefficient (Wildman–Crippen LogP) is 1.82. The Balaban J connectivity index is 2.56. The van der Waals surface area contributed by atoms with Gasteiger partial charge in [-0.25, -0.2) is 0 Å². The van der Waals surface area contributed by atoms with Crippen molar-refractivity contribution < 1.29 is 9.47 Å². The van der Waals surface area contributed by atoms with E-state index in [0.717, 1.165) is 49.0 Å². The molecule has 0 aromatic heterocycles. The van der Waals surface area contributed by atoms with Gasteiger partial charge in [0.15, 0.2) is 5.96 Å². The van der Waals surface area contributed by atoms with Crippen molar-refractivity contribution in [3.8, 4) is 11.5 Å². The van der Waals surface area contributed by atoms with Crippen LogP contribution >= 0.6 is 0 Å². The lowest BCUT2D eigenvalue weighted by molar-refractivity contribution is 0.398. The number of guanidine groups is 1. The molecule has 1 aromatic rings. The SMILES string of the molecule is CCCNC(=NC)NCCc1cc(OC)ccc1OC. The number of ether oxygens (including phenoxy) is 2. The van der Waals surface area contributed by atoms with Crippen LogP contribution in [0.1, 0.15) is 18.9 Å². The van der Waals surface area contributed by atoms with E-state index in [-0.39, 0.29) is 0 Å². The minimum Gasteiger partial charge on any atom is -0.497 e. The van der Waals surface area contributed by atoms with Crippen LogP contribution in [0.5, 0.6) is 11.5 Å². The summed E-state index contributed by atoms with van der Waals surface area (Å²) in [5, 5.41) is 6.52. The Morgan fingerprint density at radius 2 is 1.90 bits per heavy atom. The molecule has 0 aliphatic carbocycles. The number of methoxy groups -OCH3 is 2. The van der Waals surface area contributed by atoms with Crippen molar-refractivity contribution in [2.24, 2.45) is 4.99 Å². The quantitative estimate of drug-likeness (QED) is 0.590. The highest BCUT2D eigenvalue weighted by molar-refractivity contribution is 5.79. The zero-order chi connectivity index (χ0) is 14.8. The van der Waals surface area contributed by atoms with Crippen molar-refractivity contribution in [1.29, 1.82) is 0 Å². The zero-order valence-corrected chi connectivity index (χ0v) is 12.8. The van der Waals surface area contributed by atoms with E-state index in [0.29, 0.717) is 0 Å². The van der Waals surface area contributed by atoms with E-state index in [1.165, 1.54) is 0 Å². The lowest BCUT2D eigenvalue weighted by Gasteiger charge is -2.13. The Morgan fingerprint density at radius 3 is 2.50 bits per heavy atom. The molecular weight excluding hydrogens is 254 g/mol. The molecule has 0 aliphatic rings. The van der Waals surface area contributed by atoms with Gasteiger partial charge in [0.2, 0.25) is 0 Å². The first-order chi connectivity index (χ1) is 9.74. The number of nitrogens with zero attached hydrogens (tertiary/aromatic N) is 1. The summed E-state index contributed by atoms with van der Waals surface area (Å²) in [7, 11) is 5.12. The van der Waals surface area contributed by atoms with E-state index >= 15 is 0 Å². The maximum Gasteiger partial charge on any atom is 0.190 e. The second kappa shape index (κ2) is 9.07. The van der Waals surface area contributed by atoms with E-state index in [1.54, 1.807) is 21.3 Å². The van der Waals surface area contributed by atoms with Crippen LogP contribution in [0.3, 0.4) is 0 Å². The van der Waals surface area contributed by atoms with Crippen molar-refractivity contribution in [2.75, 3.05) is 34.4 Å². The molecular formula is C15H25N3O2. The van der Waals surface area contributed by atoms with Crippen LogP contribution < -0.4 is 20.1 Å². The van der Waals surface area contributed by atoms with E-state index in [4.69, 9.17) is 9.47 Å². The number of hydrogen-bond donors (Lipinski definition) is 2. The Bertz CT molecular complexity index is 433. The molecule has 0 heterocycles. The van der Waals surface area contributed by atoms with Gasteiger partial charge in [-0.05, 0) is 36.6 Å². The van der Waals surface area contributed by atoms with Crippen LogP contribution in [0.25, 0.3) is 0 Å². The summed E-state index contributed by atoms with van der Waals surface area (Å²) in [6.45, 7) is 3.83. The molecule has 0 amide bonds. The molecule has 5 nitrogen and oxygen atoms in total. The molecule has 20 heavy (non-hydrogen) atoms. The molecule has 5 heteroatoms. The van der Waals surface area contributed by atoms with Crippen LogP contribution in [0.4, 0.5) is 0 Å². The molecule has 0 saturated carbocycles. The average molecular weight is 279 g/mol. The summed E-state index contributed by atoms with van der Waals surface area (Å²) in [5.41, 5.74) is 1.12. The molecule has 112 valence electrons. The zero-order valence-electron chi connectivity index (χ0n) is 12.8. The summed E-state index contributed by atoms with van der Waals surface area (Å²) in [4.78, 5) is 4.17. The lowest BCUT2D eigenvalue weighted by Crippen LogP contribution is -2.38. The molecule has 1 aromatic carbocycles. The number of aliphatic imine (C=N–C) groups is 1. The minimum absolute atomic E-state index is 0.785. The number of benzene rings is 1. The van der Waals surface area contributed by atoms with E-state index in [1.807, 2.05) is 18.2 Å². The van der Waals surface area contributed by atoms with Gasteiger partial charge in [-0.1, -0.05) is 6.92 Å². The smallest absolute Gasteiger partial charge is 0.190 e. The topological polar surface area (TPSA) is 54.9 Å². The van der Waals surface area contributed by atoms with Gasteiger partial charge in [0.05, 0.1) is 14.2 Å². The van der Waals surface area contributed by atoms with Gasteiger partial charge in [0.1, 0.15) is 11.5 Å². The first-order valence-corrected chi connectivity index (χ1v) is 6.90. The maximum absolute atomic E-state index is 5.36. The van der Waals surface area contributed by atoms with Crippen LogP contribution in [-0.2, 0) is 6.42 Å². The first kappa shape index (κ1) is 16.1. The van der Waals surface area contributed by atoms with Gasteiger partial charge in [0, 0.05) is 20.1 Å². The van der Waals surface area contributed by atoms with Crippen molar-refractivity contribution in [2.45, 2.75) is 19.8 Å². The second-order valence-electron chi connectivity index (χ2n) is 4.35. The molecule has 0 saturated heterocycles. The van der Waals surface area contributed by atoms with Crippen molar-refractivity contribution in [3.63, 3.8) is 0 Å². The third kappa shape index (κ3) is 4.99. The van der Waals surface area contributed by atoms with Crippen LogP contribution in [0, 0.1) is 0 Å². The first-order valence-electron chi connectivity index (χ1n) is 6.90. The second-order valence-corrected chi connectivity index (χ2v) is 4.35. The fourth-order valence-corrected chi connectivity index (χ4v) is 1.86. The summed E-state index contributed by atoms with van der Waals surface area (Å²) in [6.07, 6.45) is 1.91. The summed E-state index contributed by atoms with van der Waals surface area (Å²) in [6, 6.07) is 5.83. The van der Waals surface area contributed by atoms with Crippen molar-refractivity contribution in [1.82, 2.24) is 10.6 Å². The predicted molar refractivity (Wildman–Crippen MR) is 82.9 cm³/mol. The van der Waals surface area contributed by atoms with Crippen LogP contribution in [-0.4, -0.2) is 40.3 Å². The van der Waals surface area contributed by atoms with E-state index in [9.17, 15) is 0 Å². The fraction of sp³-hybridized carbons (Fsp3) is 0.533. The Morgan fingerprint density at radius 1 is 1.15 bits per heavy atom. The number of nitrogens with one attached hydrogen (secondary N) is 2. The average Bonchev–Trinajstić information content (AvgIpc) is 2.50. The third-order valence-corrected chi connectivity index (χ3v) is 2.94. The van der Waals surface area contributed by atoms with Gasteiger partial charge in [-0.3, -0.25) is 4.99 Å². The summed E-state index contributed by atoms with van der Waals surface area (Å²) < 4.78 is 10.6. The molecule has 0 bridgehead atoms. The molecule has 2 N–H and O–H groups in total. The molecule has 0 radical (unpaired) electrons. The van der Waals surface area contributed by atoms with E-state index < -0.39 is 0 Å². The molecule has 1 rings (SSSR count). The fourth-order valence-electron chi connectivity index (χ4n) is 1.86. The highest BCUT2D eigenvalue weighted by Crippen LogP contribution is 2.23. The molecule has 0 spiro atoms. The largest absolute Gasteiger partial charge is 0.497 e. The maximum atomic E-state index is 5.36.